The summed E-state index contributed by atoms with van der Waals surface area (Å²) in [6, 6.07) is 7.21. The van der Waals surface area contributed by atoms with Gasteiger partial charge in [-0.15, -0.1) is 0 Å². The van der Waals surface area contributed by atoms with Crippen molar-refractivity contribution in [3.63, 3.8) is 0 Å². The normalized spacial score (nSPS) is 29.2. The molecule has 0 aliphatic carbocycles. The largest absolute Gasteiger partial charge is 0.380 e. The molecule has 0 unspecified atom stereocenters. The minimum atomic E-state index is -3.43. The smallest absolute Gasteiger partial charge is 0.243 e. The highest BCUT2D eigenvalue weighted by Crippen LogP contribution is 2.43. The van der Waals surface area contributed by atoms with Crippen molar-refractivity contribution in [2.24, 2.45) is 11.3 Å². The van der Waals surface area contributed by atoms with Gasteiger partial charge in [0.15, 0.2) is 0 Å². The zero-order chi connectivity index (χ0) is 16.0. The summed E-state index contributed by atoms with van der Waals surface area (Å²) in [5.74, 6) is 0.286. The summed E-state index contributed by atoms with van der Waals surface area (Å²) in [7, 11) is 0.635. The minimum absolute atomic E-state index is 0.0702. The van der Waals surface area contributed by atoms with Crippen LogP contribution in [0.3, 0.4) is 0 Å². The number of nitrogens with zero attached hydrogens (tertiary/aromatic N) is 2. The van der Waals surface area contributed by atoms with Gasteiger partial charge < -0.3 is 9.64 Å². The van der Waals surface area contributed by atoms with Crippen molar-refractivity contribution in [1.29, 1.82) is 0 Å². The van der Waals surface area contributed by atoms with E-state index < -0.39 is 10.0 Å². The molecule has 0 spiro atoms. The number of fused-ring (bicyclic) bond motifs is 1. The molecule has 2 atom stereocenters. The molecule has 6 heteroatoms. The first-order valence-corrected chi connectivity index (χ1v) is 9.07. The van der Waals surface area contributed by atoms with Gasteiger partial charge in [-0.1, -0.05) is 18.2 Å². The van der Waals surface area contributed by atoms with Crippen LogP contribution in [0.2, 0.25) is 0 Å². The molecule has 22 heavy (non-hydrogen) atoms. The number of ether oxygens (including phenoxy) is 1. The predicted octanol–water partition coefficient (Wildman–Crippen LogP) is 1.19. The number of aryl methyl sites for hydroxylation is 1. The van der Waals surface area contributed by atoms with Crippen LogP contribution in [0.1, 0.15) is 5.56 Å². The zero-order valence-electron chi connectivity index (χ0n) is 13.4. The summed E-state index contributed by atoms with van der Waals surface area (Å²) >= 11 is 0. The molecule has 2 aliphatic heterocycles. The van der Waals surface area contributed by atoms with Crippen LogP contribution in [-0.4, -0.2) is 64.6 Å². The number of rotatable bonds is 4. The Morgan fingerprint density at radius 2 is 2.09 bits per heavy atom. The highest BCUT2D eigenvalue weighted by molar-refractivity contribution is 7.89. The second kappa shape index (κ2) is 5.60. The Hall–Kier alpha value is -0.950. The molecule has 0 radical (unpaired) electrons. The van der Waals surface area contributed by atoms with E-state index in [0.29, 0.717) is 31.2 Å². The van der Waals surface area contributed by atoms with E-state index in [1.165, 1.54) is 0 Å². The zero-order valence-corrected chi connectivity index (χ0v) is 14.3. The topological polar surface area (TPSA) is 49.9 Å². The molecule has 0 N–H and O–H groups in total. The molecule has 3 rings (SSSR count). The summed E-state index contributed by atoms with van der Waals surface area (Å²) in [5.41, 5.74) is 0.733. The van der Waals surface area contributed by atoms with Crippen LogP contribution in [-0.2, 0) is 14.8 Å². The number of benzene rings is 1. The predicted molar refractivity (Wildman–Crippen MR) is 85.2 cm³/mol. The first kappa shape index (κ1) is 15.9. The maximum absolute atomic E-state index is 13.0. The van der Waals surface area contributed by atoms with Gasteiger partial charge >= 0.3 is 0 Å². The molecule has 2 aliphatic rings. The fourth-order valence-electron chi connectivity index (χ4n) is 3.80. The van der Waals surface area contributed by atoms with Crippen LogP contribution < -0.4 is 0 Å². The Balaban J connectivity index is 1.90. The van der Waals surface area contributed by atoms with Crippen LogP contribution in [0.5, 0.6) is 0 Å². The SMILES string of the molecule is Cc1ccccc1S(=O)(=O)N1C[C@H]2COC[C@@]2(CN(C)C)C1. The Labute approximate surface area is 132 Å². The lowest BCUT2D eigenvalue weighted by molar-refractivity contribution is 0.124. The van der Waals surface area contributed by atoms with E-state index in [0.717, 1.165) is 12.1 Å². The number of sulfonamides is 1. The van der Waals surface area contributed by atoms with Gasteiger partial charge in [0.05, 0.1) is 18.1 Å². The van der Waals surface area contributed by atoms with Crippen molar-refractivity contribution in [2.45, 2.75) is 11.8 Å². The van der Waals surface area contributed by atoms with Gasteiger partial charge in [0.1, 0.15) is 0 Å². The van der Waals surface area contributed by atoms with Crippen LogP contribution in [0.25, 0.3) is 0 Å². The summed E-state index contributed by atoms with van der Waals surface area (Å²) in [4.78, 5) is 2.56. The highest BCUT2D eigenvalue weighted by Gasteiger charge is 2.53. The quantitative estimate of drug-likeness (QED) is 0.835. The van der Waals surface area contributed by atoms with Gasteiger partial charge in [0.25, 0.3) is 0 Å². The lowest BCUT2D eigenvalue weighted by Crippen LogP contribution is -2.41. The fraction of sp³-hybridized carbons (Fsp3) is 0.625. The van der Waals surface area contributed by atoms with Crippen LogP contribution in [0, 0.1) is 18.3 Å². The van der Waals surface area contributed by atoms with E-state index in [9.17, 15) is 8.42 Å². The molecule has 1 aromatic rings. The first-order valence-electron chi connectivity index (χ1n) is 7.63. The van der Waals surface area contributed by atoms with Crippen molar-refractivity contribution in [3.05, 3.63) is 29.8 Å². The van der Waals surface area contributed by atoms with E-state index in [1.807, 2.05) is 33.2 Å². The summed E-state index contributed by atoms with van der Waals surface area (Å²) in [6.07, 6.45) is 0. The summed E-state index contributed by atoms with van der Waals surface area (Å²) in [6.45, 7) is 5.13. The van der Waals surface area contributed by atoms with Gasteiger partial charge in [-0.2, -0.15) is 4.31 Å². The van der Waals surface area contributed by atoms with Crippen molar-refractivity contribution in [2.75, 3.05) is 46.9 Å². The van der Waals surface area contributed by atoms with Crippen molar-refractivity contribution in [1.82, 2.24) is 9.21 Å². The maximum atomic E-state index is 13.0. The van der Waals surface area contributed by atoms with E-state index >= 15 is 0 Å². The van der Waals surface area contributed by atoms with E-state index in [-0.39, 0.29) is 11.3 Å². The van der Waals surface area contributed by atoms with Gasteiger partial charge in [-0.3, -0.25) is 0 Å². The molecule has 0 aromatic heterocycles. The summed E-state index contributed by atoms with van der Waals surface area (Å²) < 4.78 is 33.3. The number of hydrogen-bond donors (Lipinski definition) is 0. The van der Waals surface area contributed by atoms with Crippen LogP contribution in [0.4, 0.5) is 0 Å². The Morgan fingerprint density at radius 1 is 1.36 bits per heavy atom. The molecular formula is C16H24N2O3S. The molecule has 2 saturated heterocycles. The van der Waals surface area contributed by atoms with E-state index in [1.54, 1.807) is 16.4 Å². The second-order valence-electron chi connectivity index (χ2n) is 6.88. The third-order valence-electron chi connectivity index (χ3n) is 4.83. The molecule has 2 heterocycles. The van der Waals surface area contributed by atoms with Gasteiger partial charge in [0, 0.05) is 31.0 Å². The lowest BCUT2D eigenvalue weighted by atomic mass is 9.81. The van der Waals surface area contributed by atoms with Crippen LogP contribution in [0.15, 0.2) is 29.2 Å². The van der Waals surface area contributed by atoms with E-state index in [4.69, 9.17) is 4.74 Å². The third-order valence-corrected chi connectivity index (χ3v) is 6.80. The van der Waals surface area contributed by atoms with Gasteiger partial charge in [-0.05, 0) is 32.6 Å². The molecule has 1 aromatic carbocycles. The fourth-order valence-corrected chi connectivity index (χ4v) is 5.61. The third kappa shape index (κ3) is 2.58. The Kier molecular flexibility index (Phi) is 4.05. The van der Waals surface area contributed by atoms with Crippen molar-refractivity contribution >= 4 is 10.0 Å². The molecule has 5 nitrogen and oxygen atoms in total. The molecule has 0 bridgehead atoms. The Bertz CT molecular complexity index is 659. The average Bonchev–Trinajstić information content (AvgIpc) is 2.94. The highest BCUT2D eigenvalue weighted by atomic mass is 32.2. The van der Waals surface area contributed by atoms with Crippen molar-refractivity contribution < 1.29 is 13.2 Å². The van der Waals surface area contributed by atoms with Crippen LogP contribution >= 0.6 is 0 Å². The first-order chi connectivity index (χ1) is 10.3. The maximum Gasteiger partial charge on any atom is 0.243 e. The lowest BCUT2D eigenvalue weighted by Gasteiger charge is -2.30. The minimum Gasteiger partial charge on any atom is -0.380 e. The molecular weight excluding hydrogens is 300 g/mol. The van der Waals surface area contributed by atoms with Gasteiger partial charge in [0.2, 0.25) is 10.0 Å². The number of hydrogen-bond acceptors (Lipinski definition) is 4. The second-order valence-corrected chi connectivity index (χ2v) is 8.78. The molecule has 2 fully saturated rings. The molecule has 0 amide bonds. The monoisotopic (exact) mass is 324 g/mol. The standard InChI is InChI=1S/C16H24N2O3S/c1-13-6-4-5-7-15(13)22(19,20)18-8-14-9-21-12-16(14,11-18)10-17(2)3/h4-7,14H,8-12H2,1-3H3/t14-,16+/m0/s1. The Morgan fingerprint density at radius 3 is 2.77 bits per heavy atom. The van der Waals surface area contributed by atoms with E-state index in [2.05, 4.69) is 4.90 Å². The summed E-state index contributed by atoms with van der Waals surface area (Å²) in [5, 5.41) is 0. The van der Waals surface area contributed by atoms with Crippen molar-refractivity contribution in [3.8, 4) is 0 Å². The molecule has 0 saturated carbocycles. The molecule has 122 valence electrons. The van der Waals surface area contributed by atoms with Gasteiger partial charge in [-0.25, -0.2) is 8.42 Å². The average molecular weight is 324 g/mol.